The van der Waals surface area contributed by atoms with Gasteiger partial charge in [0, 0.05) is 22.0 Å². The minimum atomic E-state index is -4.37. The predicted octanol–water partition coefficient (Wildman–Crippen LogP) is 2.44. The third-order valence-corrected chi connectivity index (χ3v) is 2.41. The molecule has 0 heterocycles. The van der Waals surface area contributed by atoms with E-state index in [1.807, 2.05) is 0 Å². The van der Waals surface area contributed by atoms with Crippen molar-refractivity contribution in [3.63, 3.8) is 0 Å². The molecule has 0 N–H and O–H groups in total. The molecule has 0 aromatic heterocycles. The maximum absolute atomic E-state index is 12.1. The van der Waals surface area contributed by atoms with Crippen molar-refractivity contribution in [3.8, 4) is 0 Å². The summed E-state index contributed by atoms with van der Waals surface area (Å²) < 4.78 is 47.3. The van der Waals surface area contributed by atoms with Gasteiger partial charge in [-0.25, -0.2) is 0 Å². The van der Waals surface area contributed by atoms with E-state index in [9.17, 15) is 17.4 Å². The van der Waals surface area contributed by atoms with Crippen LogP contribution in [0.25, 0.3) is 0 Å². The first-order valence-corrected chi connectivity index (χ1v) is 4.98. The molecule has 0 aliphatic carbocycles. The van der Waals surface area contributed by atoms with Crippen LogP contribution in [0.3, 0.4) is 0 Å². The van der Waals surface area contributed by atoms with E-state index < -0.39 is 22.5 Å². The first-order valence-electron chi connectivity index (χ1n) is 3.42. The van der Waals surface area contributed by atoms with Crippen LogP contribution >= 0.6 is 0 Å². The Bertz CT molecular complexity index is 332. The summed E-state index contributed by atoms with van der Waals surface area (Å²) in [5.74, 6) is 0. The number of hydrogen-bond acceptors (Lipinski definition) is 1. The Morgan fingerprint density at radius 1 is 1.31 bits per heavy atom. The zero-order valence-corrected chi connectivity index (χ0v) is 7.58. The fourth-order valence-electron chi connectivity index (χ4n) is 0.851. The smallest absolute Gasteiger partial charge is 0.255 e. The third-order valence-electron chi connectivity index (χ3n) is 1.49. The van der Waals surface area contributed by atoms with Crippen LogP contribution in [0.4, 0.5) is 13.2 Å². The molecule has 1 rings (SSSR count). The highest BCUT2D eigenvalue weighted by atomic mass is 32.2. The second-order valence-electron chi connectivity index (χ2n) is 2.48. The fourth-order valence-corrected chi connectivity index (χ4v) is 1.41. The van der Waals surface area contributed by atoms with Crippen LogP contribution in [-0.2, 0) is 17.0 Å². The Balaban J connectivity index is 3.13. The normalized spacial score (nSPS) is 14.2. The minimum absolute atomic E-state index is 0.190. The Kier molecular flexibility index (Phi) is 2.75. The van der Waals surface area contributed by atoms with Gasteiger partial charge in [-0.3, -0.25) is 4.21 Å². The molecule has 72 valence electrons. The maximum atomic E-state index is 12.1. The van der Waals surface area contributed by atoms with E-state index in [0.29, 0.717) is 0 Å². The summed E-state index contributed by atoms with van der Waals surface area (Å²) in [6.07, 6.45) is -3.02. The average Bonchev–Trinajstić information content (AvgIpc) is 2.03. The SMILES string of the molecule is C[S@](=O)c1cccc(C(F)(F)F)c1. The molecule has 5 heteroatoms. The fraction of sp³-hybridized carbons (Fsp3) is 0.250. The molecule has 0 saturated carbocycles. The van der Waals surface area contributed by atoms with Crippen molar-refractivity contribution in [2.75, 3.05) is 6.26 Å². The molecule has 0 fully saturated rings. The van der Waals surface area contributed by atoms with Crippen LogP contribution in [-0.4, -0.2) is 10.5 Å². The zero-order chi connectivity index (χ0) is 10.1. The molecule has 0 bridgehead atoms. The Labute approximate surface area is 76.0 Å². The van der Waals surface area contributed by atoms with Gasteiger partial charge in [-0.2, -0.15) is 13.2 Å². The minimum Gasteiger partial charge on any atom is -0.255 e. The van der Waals surface area contributed by atoms with Crippen LogP contribution in [0.15, 0.2) is 29.2 Å². The lowest BCUT2D eigenvalue weighted by Gasteiger charge is -2.06. The zero-order valence-electron chi connectivity index (χ0n) is 6.76. The number of alkyl halides is 3. The lowest BCUT2D eigenvalue weighted by molar-refractivity contribution is -0.137. The van der Waals surface area contributed by atoms with E-state index in [0.717, 1.165) is 12.1 Å². The van der Waals surface area contributed by atoms with E-state index in [2.05, 4.69) is 0 Å². The van der Waals surface area contributed by atoms with Gasteiger partial charge < -0.3 is 0 Å². The van der Waals surface area contributed by atoms with E-state index in [1.54, 1.807) is 0 Å². The molecule has 13 heavy (non-hydrogen) atoms. The molecule has 0 aliphatic heterocycles. The van der Waals surface area contributed by atoms with Gasteiger partial charge in [-0.1, -0.05) is 6.07 Å². The topological polar surface area (TPSA) is 17.1 Å². The van der Waals surface area contributed by atoms with Gasteiger partial charge in [-0.05, 0) is 18.2 Å². The average molecular weight is 208 g/mol. The van der Waals surface area contributed by atoms with Gasteiger partial charge in [0.2, 0.25) is 0 Å². The van der Waals surface area contributed by atoms with E-state index >= 15 is 0 Å². The molecule has 0 radical (unpaired) electrons. The standard InChI is InChI=1S/C8H7F3OS/c1-13(12)7-4-2-3-6(5-7)8(9,10)11/h2-5H,1H3/t13-/m0/s1. The summed E-state index contributed by atoms with van der Waals surface area (Å²) in [6, 6.07) is 4.51. The van der Waals surface area contributed by atoms with Gasteiger partial charge in [-0.15, -0.1) is 0 Å². The molecule has 0 spiro atoms. The summed E-state index contributed by atoms with van der Waals surface area (Å²) >= 11 is 0. The maximum Gasteiger partial charge on any atom is 0.416 e. The lowest BCUT2D eigenvalue weighted by atomic mass is 10.2. The Morgan fingerprint density at radius 3 is 2.38 bits per heavy atom. The second-order valence-corrected chi connectivity index (χ2v) is 3.86. The van der Waals surface area contributed by atoms with Crippen molar-refractivity contribution in [2.24, 2.45) is 0 Å². The van der Waals surface area contributed by atoms with Gasteiger partial charge in [0.05, 0.1) is 5.56 Å². The molecule has 0 amide bonds. The van der Waals surface area contributed by atoms with Crippen LogP contribution in [0.2, 0.25) is 0 Å². The van der Waals surface area contributed by atoms with Crippen molar-refractivity contribution in [2.45, 2.75) is 11.1 Å². The molecule has 0 aliphatic rings. The third kappa shape index (κ3) is 2.55. The predicted molar refractivity (Wildman–Crippen MR) is 43.8 cm³/mol. The molecule has 1 atom stereocenters. The number of rotatable bonds is 1. The van der Waals surface area contributed by atoms with Crippen molar-refractivity contribution < 1.29 is 17.4 Å². The first kappa shape index (κ1) is 10.2. The van der Waals surface area contributed by atoms with Crippen molar-refractivity contribution in [3.05, 3.63) is 29.8 Å². The quantitative estimate of drug-likeness (QED) is 0.692. The summed E-state index contributed by atoms with van der Waals surface area (Å²) in [4.78, 5) is 0.190. The summed E-state index contributed by atoms with van der Waals surface area (Å²) in [7, 11) is -1.37. The van der Waals surface area contributed by atoms with E-state index in [1.165, 1.54) is 18.4 Å². The largest absolute Gasteiger partial charge is 0.416 e. The number of hydrogen-bond donors (Lipinski definition) is 0. The highest BCUT2D eigenvalue weighted by Gasteiger charge is 2.30. The highest BCUT2D eigenvalue weighted by Crippen LogP contribution is 2.29. The number of halogens is 3. The van der Waals surface area contributed by atoms with Crippen molar-refractivity contribution in [1.82, 2.24) is 0 Å². The van der Waals surface area contributed by atoms with Crippen LogP contribution < -0.4 is 0 Å². The van der Waals surface area contributed by atoms with Crippen molar-refractivity contribution >= 4 is 10.8 Å². The van der Waals surface area contributed by atoms with Gasteiger partial charge in [0.25, 0.3) is 0 Å². The van der Waals surface area contributed by atoms with Gasteiger partial charge in [0.15, 0.2) is 0 Å². The molecule has 1 aromatic carbocycles. The molecule has 1 aromatic rings. The summed E-state index contributed by atoms with van der Waals surface area (Å²) in [6.45, 7) is 0. The van der Waals surface area contributed by atoms with Gasteiger partial charge in [0.1, 0.15) is 0 Å². The first-order chi connectivity index (χ1) is 5.91. The highest BCUT2D eigenvalue weighted by molar-refractivity contribution is 7.84. The van der Waals surface area contributed by atoms with E-state index in [-0.39, 0.29) is 4.90 Å². The molecular weight excluding hydrogens is 201 g/mol. The van der Waals surface area contributed by atoms with Crippen LogP contribution in [0.1, 0.15) is 5.56 Å². The van der Waals surface area contributed by atoms with Crippen LogP contribution in [0, 0.1) is 0 Å². The molecule has 0 saturated heterocycles. The second kappa shape index (κ2) is 3.49. The lowest BCUT2D eigenvalue weighted by Crippen LogP contribution is -2.05. The Morgan fingerprint density at radius 2 is 1.92 bits per heavy atom. The van der Waals surface area contributed by atoms with Crippen molar-refractivity contribution in [1.29, 1.82) is 0 Å². The van der Waals surface area contributed by atoms with E-state index in [4.69, 9.17) is 0 Å². The summed E-state index contributed by atoms with van der Waals surface area (Å²) in [5, 5.41) is 0. The monoisotopic (exact) mass is 208 g/mol. The molecule has 0 unspecified atom stereocenters. The molecule has 1 nitrogen and oxygen atoms in total. The van der Waals surface area contributed by atoms with Crippen LogP contribution in [0.5, 0.6) is 0 Å². The summed E-state index contributed by atoms with van der Waals surface area (Å²) in [5.41, 5.74) is -0.764. The van der Waals surface area contributed by atoms with Gasteiger partial charge >= 0.3 is 6.18 Å². The molecular formula is C8H7F3OS. The number of benzene rings is 1. The Hall–Kier alpha value is -0.840.